The number of fused-ring (bicyclic) bond motifs is 1. The van der Waals surface area contributed by atoms with Gasteiger partial charge in [0.15, 0.2) is 0 Å². The first kappa shape index (κ1) is 26.3. The number of carbonyl (C=O) groups excluding carboxylic acids is 3. The highest BCUT2D eigenvalue weighted by Gasteiger charge is 2.76. The van der Waals surface area contributed by atoms with Gasteiger partial charge in [-0.2, -0.15) is 0 Å². The van der Waals surface area contributed by atoms with Crippen molar-refractivity contribution in [2.75, 3.05) is 32.8 Å². The molecule has 1 spiro atoms. The molecule has 7 nitrogen and oxygen atoms in total. The van der Waals surface area contributed by atoms with Crippen molar-refractivity contribution < 1.29 is 24.2 Å². The lowest BCUT2D eigenvalue weighted by atomic mass is 9.71. The number of ether oxygens (including phenoxy) is 1. The number of alkyl halides is 1. The summed E-state index contributed by atoms with van der Waals surface area (Å²) in [6.45, 7) is 10.9. The molecule has 3 heterocycles. The standard InChI is InChI=1S/C24H35BrN2O5S/c1-4-7-8-11-26(10-5-2)22(30)20-24-15-16(25)19(33-24)17(23(31)32-14-6-3)18(24)21(29)27(20)12-9-13-28/h5-6,16-20,28H,2-4,7-15H2,1H3/t16?,17-,18+,19-,20?,24?/m1/s1. The second kappa shape index (κ2) is 11.4. The Morgan fingerprint density at radius 1 is 1.33 bits per heavy atom. The molecular formula is C24H35BrN2O5S. The van der Waals surface area contributed by atoms with Crippen LogP contribution in [0, 0.1) is 11.8 Å². The van der Waals surface area contributed by atoms with Gasteiger partial charge in [-0.3, -0.25) is 14.4 Å². The van der Waals surface area contributed by atoms with Crippen LogP contribution in [0.1, 0.15) is 39.0 Å². The number of halogens is 1. The third-order valence-electron chi connectivity index (χ3n) is 6.89. The average Bonchev–Trinajstić information content (AvgIpc) is 3.38. The fourth-order valence-corrected chi connectivity index (χ4v) is 9.16. The van der Waals surface area contributed by atoms with Crippen LogP contribution in [0.3, 0.4) is 0 Å². The highest BCUT2D eigenvalue weighted by atomic mass is 79.9. The number of aliphatic hydroxyl groups excluding tert-OH is 1. The molecule has 0 radical (unpaired) electrons. The summed E-state index contributed by atoms with van der Waals surface area (Å²) in [5.41, 5.74) is 0. The van der Waals surface area contributed by atoms with E-state index in [0.717, 1.165) is 19.3 Å². The number of carbonyl (C=O) groups is 3. The Bertz CT molecular complexity index is 780. The highest BCUT2D eigenvalue weighted by molar-refractivity contribution is 9.09. The number of hydrogen-bond donors (Lipinski definition) is 1. The summed E-state index contributed by atoms with van der Waals surface area (Å²) >= 11 is 5.33. The van der Waals surface area contributed by atoms with Gasteiger partial charge in [-0.25, -0.2) is 0 Å². The minimum absolute atomic E-state index is 0.00821. The largest absolute Gasteiger partial charge is 0.461 e. The Hall–Kier alpha value is -1.32. The van der Waals surface area contributed by atoms with Crippen LogP contribution in [-0.4, -0.2) is 86.4 Å². The van der Waals surface area contributed by atoms with E-state index in [-0.39, 0.29) is 41.6 Å². The van der Waals surface area contributed by atoms with Gasteiger partial charge >= 0.3 is 5.97 Å². The minimum Gasteiger partial charge on any atom is -0.461 e. The lowest BCUT2D eigenvalue weighted by Gasteiger charge is -2.37. The molecule has 0 aromatic carbocycles. The average molecular weight is 544 g/mol. The smallest absolute Gasteiger partial charge is 0.311 e. The fraction of sp³-hybridized carbons (Fsp3) is 0.708. The van der Waals surface area contributed by atoms with E-state index in [1.54, 1.807) is 27.6 Å². The van der Waals surface area contributed by atoms with Crippen LogP contribution in [0.25, 0.3) is 0 Å². The molecule has 9 heteroatoms. The summed E-state index contributed by atoms with van der Waals surface area (Å²) < 4.78 is 4.69. The van der Waals surface area contributed by atoms with E-state index >= 15 is 0 Å². The van der Waals surface area contributed by atoms with Gasteiger partial charge in [-0.1, -0.05) is 54.4 Å². The summed E-state index contributed by atoms with van der Waals surface area (Å²) in [4.78, 5) is 44.2. The molecule has 1 N–H and O–H groups in total. The summed E-state index contributed by atoms with van der Waals surface area (Å²) in [6, 6.07) is -0.671. The van der Waals surface area contributed by atoms with Gasteiger partial charge < -0.3 is 19.6 Å². The molecule has 2 amide bonds. The normalized spacial score (nSPS) is 32.0. The fourth-order valence-electron chi connectivity index (χ4n) is 5.57. The molecule has 2 bridgehead atoms. The molecular weight excluding hydrogens is 508 g/mol. The van der Waals surface area contributed by atoms with Gasteiger partial charge in [0.2, 0.25) is 11.8 Å². The Balaban J connectivity index is 1.98. The van der Waals surface area contributed by atoms with Crippen LogP contribution in [0.15, 0.2) is 25.3 Å². The number of rotatable bonds is 13. The SMILES string of the molecule is C=CCOC(=O)[C@H]1[C@@H]2SC3(CC2Br)C(C(=O)N(CC=C)CCCCC)N(CCCO)C(=O)[C@H]13. The number of hydrogen-bond acceptors (Lipinski definition) is 6. The first-order valence-electron chi connectivity index (χ1n) is 11.8. The molecule has 3 rings (SSSR count). The van der Waals surface area contributed by atoms with E-state index in [1.165, 1.54) is 6.08 Å². The van der Waals surface area contributed by atoms with Crippen LogP contribution in [0.5, 0.6) is 0 Å². The summed E-state index contributed by atoms with van der Waals surface area (Å²) in [5.74, 6) is -1.88. The molecule has 0 aromatic rings. The van der Waals surface area contributed by atoms with E-state index < -0.39 is 28.6 Å². The van der Waals surface area contributed by atoms with E-state index in [0.29, 0.717) is 25.9 Å². The second-order valence-corrected chi connectivity index (χ2v) is 11.7. The summed E-state index contributed by atoms with van der Waals surface area (Å²) in [6.07, 6.45) is 7.19. The Kier molecular flexibility index (Phi) is 9.08. The zero-order chi connectivity index (χ0) is 24.2. The van der Waals surface area contributed by atoms with Crippen molar-refractivity contribution in [3.05, 3.63) is 25.3 Å². The van der Waals surface area contributed by atoms with E-state index in [2.05, 4.69) is 36.0 Å². The van der Waals surface area contributed by atoms with Crippen molar-refractivity contribution in [1.29, 1.82) is 0 Å². The molecule has 3 saturated heterocycles. The zero-order valence-electron chi connectivity index (χ0n) is 19.3. The number of esters is 1. The second-order valence-electron chi connectivity index (χ2n) is 8.97. The van der Waals surface area contributed by atoms with Gasteiger partial charge in [0.1, 0.15) is 12.6 Å². The van der Waals surface area contributed by atoms with Crippen LogP contribution in [0.2, 0.25) is 0 Å². The molecule has 0 saturated carbocycles. The van der Waals surface area contributed by atoms with E-state index in [4.69, 9.17) is 4.74 Å². The molecule has 184 valence electrons. The first-order valence-corrected chi connectivity index (χ1v) is 13.6. The number of amides is 2. The highest BCUT2D eigenvalue weighted by Crippen LogP contribution is 2.68. The van der Waals surface area contributed by atoms with Gasteiger partial charge in [-0.15, -0.1) is 18.3 Å². The quantitative estimate of drug-likeness (QED) is 0.166. The van der Waals surface area contributed by atoms with Crippen molar-refractivity contribution in [2.45, 2.75) is 59.9 Å². The summed E-state index contributed by atoms with van der Waals surface area (Å²) in [5, 5.41) is 9.32. The maximum Gasteiger partial charge on any atom is 0.311 e. The van der Waals surface area contributed by atoms with Crippen LogP contribution in [0.4, 0.5) is 0 Å². The lowest BCUT2D eigenvalue weighted by Crippen LogP contribution is -2.55. The van der Waals surface area contributed by atoms with Crippen molar-refractivity contribution >= 4 is 45.5 Å². The Labute approximate surface area is 209 Å². The van der Waals surface area contributed by atoms with Crippen LogP contribution >= 0.6 is 27.7 Å². The number of unbranched alkanes of at least 4 members (excludes halogenated alkanes) is 2. The predicted molar refractivity (Wildman–Crippen MR) is 133 cm³/mol. The van der Waals surface area contributed by atoms with Crippen molar-refractivity contribution in [3.63, 3.8) is 0 Å². The number of aliphatic hydroxyl groups is 1. The zero-order valence-corrected chi connectivity index (χ0v) is 21.7. The summed E-state index contributed by atoms with van der Waals surface area (Å²) in [7, 11) is 0. The van der Waals surface area contributed by atoms with Crippen LogP contribution < -0.4 is 0 Å². The molecule has 33 heavy (non-hydrogen) atoms. The van der Waals surface area contributed by atoms with Crippen molar-refractivity contribution in [2.24, 2.45) is 11.8 Å². The third-order valence-corrected chi connectivity index (χ3v) is 10.1. The van der Waals surface area contributed by atoms with Crippen molar-refractivity contribution in [3.8, 4) is 0 Å². The van der Waals surface area contributed by atoms with Gasteiger partial charge in [0.25, 0.3) is 0 Å². The Morgan fingerprint density at radius 3 is 2.73 bits per heavy atom. The van der Waals surface area contributed by atoms with Gasteiger partial charge in [0, 0.05) is 36.3 Å². The first-order chi connectivity index (χ1) is 15.9. The molecule has 3 aliphatic heterocycles. The molecule has 3 aliphatic rings. The van der Waals surface area contributed by atoms with Gasteiger partial charge in [-0.05, 0) is 19.3 Å². The molecule has 6 atom stereocenters. The maximum absolute atomic E-state index is 14.0. The molecule has 3 unspecified atom stereocenters. The molecule has 0 aromatic heterocycles. The number of nitrogens with zero attached hydrogens (tertiary/aromatic N) is 2. The van der Waals surface area contributed by atoms with E-state index in [1.807, 2.05) is 0 Å². The predicted octanol–water partition coefficient (Wildman–Crippen LogP) is 2.77. The molecule has 3 fully saturated rings. The van der Waals surface area contributed by atoms with Crippen molar-refractivity contribution in [1.82, 2.24) is 9.80 Å². The van der Waals surface area contributed by atoms with Gasteiger partial charge in [0.05, 0.1) is 16.6 Å². The topological polar surface area (TPSA) is 87.2 Å². The van der Waals surface area contributed by atoms with E-state index in [9.17, 15) is 19.5 Å². The Morgan fingerprint density at radius 2 is 2.09 bits per heavy atom. The van der Waals surface area contributed by atoms with Crippen LogP contribution in [-0.2, 0) is 19.1 Å². The monoisotopic (exact) mass is 542 g/mol. The lowest BCUT2D eigenvalue weighted by molar-refractivity contribution is -0.153. The third kappa shape index (κ3) is 4.78. The number of thioether (sulfide) groups is 1. The molecule has 0 aliphatic carbocycles. The maximum atomic E-state index is 14.0. The minimum atomic E-state index is -0.690. The number of likely N-dealkylation sites (tertiary alicyclic amines) is 1.